The molecule has 0 aromatic rings. The van der Waals surface area contributed by atoms with E-state index >= 15 is 0 Å². The summed E-state index contributed by atoms with van der Waals surface area (Å²) < 4.78 is 9.21. The fourth-order valence-corrected chi connectivity index (χ4v) is 0.835. The van der Waals surface area contributed by atoms with Gasteiger partial charge in [0.25, 0.3) is 0 Å². The fourth-order valence-electron chi connectivity index (χ4n) is 0.835. The SMILES string of the molecule is C=CC(=O)OCCC(C)O.C=CC(=O)OCCCCO. The van der Waals surface area contributed by atoms with E-state index in [1.807, 2.05) is 0 Å². The Morgan fingerprint density at radius 2 is 1.60 bits per heavy atom. The monoisotopic (exact) mass is 288 g/mol. The minimum Gasteiger partial charge on any atom is -0.463 e. The Kier molecular flexibility index (Phi) is 15.9. The molecule has 0 spiro atoms. The van der Waals surface area contributed by atoms with Gasteiger partial charge in [-0.15, -0.1) is 0 Å². The zero-order valence-corrected chi connectivity index (χ0v) is 11.9. The number of carbonyl (C=O) groups is 2. The van der Waals surface area contributed by atoms with Gasteiger partial charge >= 0.3 is 11.9 Å². The minimum atomic E-state index is -0.444. The van der Waals surface area contributed by atoms with Crippen LogP contribution in [-0.4, -0.2) is 48.1 Å². The van der Waals surface area contributed by atoms with Crippen LogP contribution in [0.25, 0.3) is 0 Å². The summed E-state index contributed by atoms with van der Waals surface area (Å²) in [6, 6.07) is 0. The molecule has 1 unspecified atom stereocenters. The van der Waals surface area contributed by atoms with Crippen molar-refractivity contribution in [3.63, 3.8) is 0 Å². The molecule has 116 valence electrons. The Labute approximate surface area is 119 Å². The van der Waals surface area contributed by atoms with Crippen LogP contribution >= 0.6 is 0 Å². The molecule has 0 fully saturated rings. The van der Waals surface area contributed by atoms with E-state index in [9.17, 15) is 9.59 Å². The van der Waals surface area contributed by atoms with Crippen molar-refractivity contribution >= 4 is 11.9 Å². The molecule has 0 aromatic heterocycles. The molecule has 0 bridgehead atoms. The van der Waals surface area contributed by atoms with Gasteiger partial charge in [-0.2, -0.15) is 0 Å². The van der Waals surface area contributed by atoms with Crippen molar-refractivity contribution < 1.29 is 29.3 Å². The molecular weight excluding hydrogens is 264 g/mol. The highest BCUT2D eigenvalue weighted by Crippen LogP contribution is 1.90. The number of ether oxygens (including phenoxy) is 2. The van der Waals surface area contributed by atoms with E-state index in [0.717, 1.165) is 12.2 Å². The fraction of sp³-hybridized carbons (Fsp3) is 0.571. The molecule has 20 heavy (non-hydrogen) atoms. The molecule has 0 rings (SSSR count). The van der Waals surface area contributed by atoms with Crippen molar-refractivity contribution in [3.05, 3.63) is 25.3 Å². The number of aliphatic hydroxyl groups is 2. The maximum atomic E-state index is 10.4. The lowest BCUT2D eigenvalue weighted by molar-refractivity contribution is -0.139. The van der Waals surface area contributed by atoms with E-state index in [0.29, 0.717) is 25.9 Å². The van der Waals surface area contributed by atoms with Crippen molar-refractivity contribution in [2.45, 2.75) is 32.3 Å². The smallest absolute Gasteiger partial charge is 0.330 e. The van der Waals surface area contributed by atoms with Gasteiger partial charge in [0.05, 0.1) is 19.3 Å². The first-order valence-corrected chi connectivity index (χ1v) is 6.35. The molecule has 0 saturated heterocycles. The number of hydrogen-bond acceptors (Lipinski definition) is 6. The van der Waals surface area contributed by atoms with Crippen LogP contribution < -0.4 is 0 Å². The van der Waals surface area contributed by atoms with Gasteiger partial charge in [0.2, 0.25) is 0 Å². The van der Waals surface area contributed by atoms with Gasteiger partial charge in [-0.3, -0.25) is 0 Å². The summed E-state index contributed by atoms with van der Waals surface area (Å²) >= 11 is 0. The van der Waals surface area contributed by atoms with E-state index in [1.165, 1.54) is 0 Å². The molecule has 0 radical (unpaired) electrons. The van der Waals surface area contributed by atoms with Crippen LogP contribution in [0.4, 0.5) is 0 Å². The summed E-state index contributed by atoms with van der Waals surface area (Å²) in [6.45, 7) is 8.86. The number of esters is 2. The van der Waals surface area contributed by atoms with Crippen molar-refractivity contribution in [3.8, 4) is 0 Å². The molecule has 0 aliphatic carbocycles. The van der Waals surface area contributed by atoms with Crippen LogP contribution in [0, 0.1) is 0 Å². The van der Waals surface area contributed by atoms with Crippen LogP contribution in [0.1, 0.15) is 26.2 Å². The van der Waals surface area contributed by atoms with Gasteiger partial charge in [-0.05, 0) is 19.8 Å². The predicted octanol–water partition coefficient (Wildman–Crippen LogP) is 0.975. The van der Waals surface area contributed by atoms with E-state index in [4.69, 9.17) is 10.2 Å². The van der Waals surface area contributed by atoms with Crippen molar-refractivity contribution in [1.82, 2.24) is 0 Å². The zero-order valence-electron chi connectivity index (χ0n) is 11.9. The Morgan fingerprint density at radius 3 is 2.00 bits per heavy atom. The highest BCUT2D eigenvalue weighted by atomic mass is 16.5. The summed E-state index contributed by atoms with van der Waals surface area (Å²) in [5, 5.41) is 17.0. The molecule has 6 heteroatoms. The number of aliphatic hydroxyl groups excluding tert-OH is 2. The first-order valence-electron chi connectivity index (χ1n) is 6.35. The summed E-state index contributed by atoms with van der Waals surface area (Å²) in [6.07, 6.45) is 3.65. The Morgan fingerprint density at radius 1 is 1.10 bits per heavy atom. The Bertz CT molecular complexity index is 285. The number of hydrogen-bond donors (Lipinski definition) is 2. The molecule has 0 saturated carbocycles. The van der Waals surface area contributed by atoms with Crippen LogP contribution in [0.5, 0.6) is 0 Å². The largest absolute Gasteiger partial charge is 0.463 e. The van der Waals surface area contributed by atoms with Crippen molar-refractivity contribution in [2.24, 2.45) is 0 Å². The lowest BCUT2D eigenvalue weighted by Gasteiger charge is -2.02. The molecular formula is C14H24O6. The van der Waals surface area contributed by atoms with Crippen molar-refractivity contribution in [1.29, 1.82) is 0 Å². The quantitative estimate of drug-likeness (QED) is 0.373. The highest BCUT2D eigenvalue weighted by Gasteiger charge is 1.97. The summed E-state index contributed by atoms with van der Waals surface area (Å²) in [5.41, 5.74) is 0. The second-order valence-electron chi connectivity index (χ2n) is 3.81. The third kappa shape index (κ3) is 18.7. The standard InChI is InChI=1S/2C7H12O3/c1-3-7(9)10-5-4-6(2)8;1-2-7(9)10-6-4-3-5-8/h3,6,8H,1,4-5H2,2H3;2,8H,1,3-6H2. The third-order valence-corrected chi connectivity index (χ3v) is 1.91. The topological polar surface area (TPSA) is 93.1 Å². The second-order valence-corrected chi connectivity index (χ2v) is 3.81. The maximum absolute atomic E-state index is 10.4. The van der Waals surface area contributed by atoms with Gasteiger partial charge in [0.15, 0.2) is 0 Å². The van der Waals surface area contributed by atoms with E-state index < -0.39 is 18.0 Å². The lowest BCUT2D eigenvalue weighted by Crippen LogP contribution is -2.08. The maximum Gasteiger partial charge on any atom is 0.330 e. The zero-order chi connectivity index (χ0) is 15.8. The first-order chi connectivity index (χ1) is 9.47. The average Bonchev–Trinajstić information content (AvgIpc) is 2.43. The lowest BCUT2D eigenvalue weighted by atomic mass is 10.3. The third-order valence-electron chi connectivity index (χ3n) is 1.91. The van der Waals surface area contributed by atoms with Crippen LogP contribution in [0.2, 0.25) is 0 Å². The molecule has 2 N–H and O–H groups in total. The molecule has 0 aromatic carbocycles. The van der Waals surface area contributed by atoms with E-state index in [2.05, 4.69) is 22.6 Å². The molecule has 0 aliphatic heterocycles. The van der Waals surface area contributed by atoms with E-state index in [1.54, 1.807) is 6.92 Å². The molecule has 1 atom stereocenters. The number of carbonyl (C=O) groups excluding carboxylic acids is 2. The van der Waals surface area contributed by atoms with Gasteiger partial charge in [0.1, 0.15) is 0 Å². The van der Waals surface area contributed by atoms with Gasteiger partial charge in [-0.25, -0.2) is 9.59 Å². The van der Waals surface area contributed by atoms with E-state index in [-0.39, 0.29) is 13.2 Å². The molecule has 6 nitrogen and oxygen atoms in total. The summed E-state index contributed by atoms with van der Waals surface area (Å²) in [7, 11) is 0. The molecule has 0 amide bonds. The van der Waals surface area contributed by atoms with Crippen LogP contribution in [-0.2, 0) is 19.1 Å². The molecule has 0 heterocycles. The summed E-state index contributed by atoms with van der Waals surface area (Å²) in [5.74, 6) is -0.849. The first kappa shape index (κ1) is 20.7. The van der Waals surface area contributed by atoms with Gasteiger partial charge in [-0.1, -0.05) is 13.2 Å². The van der Waals surface area contributed by atoms with Crippen LogP contribution in [0.3, 0.4) is 0 Å². The van der Waals surface area contributed by atoms with Crippen LogP contribution in [0.15, 0.2) is 25.3 Å². The minimum absolute atomic E-state index is 0.144. The normalized spacial score (nSPS) is 10.6. The average molecular weight is 288 g/mol. The van der Waals surface area contributed by atoms with Gasteiger partial charge in [0, 0.05) is 25.2 Å². The molecule has 0 aliphatic rings. The predicted molar refractivity (Wildman–Crippen MR) is 74.9 cm³/mol. The number of unbranched alkanes of at least 4 members (excludes halogenated alkanes) is 1. The second kappa shape index (κ2) is 15.4. The highest BCUT2D eigenvalue weighted by molar-refractivity contribution is 5.81. The summed E-state index contributed by atoms with van der Waals surface area (Å²) in [4.78, 5) is 20.7. The Balaban J connectivity index is 0. The van der Waals surface area contributed by atoms with Crippen molar-refractivity contribution in [2.75, 3.05) is 19.8 Å². The Hall–Kier alpha value is -1.66. The number of rotatable bonds is 9. The van der Waals surface area contributed by atoms with Gasteiger partial charge < -0.3 is 19.7 Å².